The molecule has 2 aliphatic heterocycles. The molecule has 2 heterocycles. The summed E-state index contributed by atoms with van der Waals surface area (Å²) in [7, 11) is 0. The van der Waals surface area contributed by atoms with Gasteiger partial charge in [0.05, 0.1) is 31.4 Å². The summed E-state index contributed by atoms with van der Waals surface area (Å²) < 4.78 is 90.6. The Morgan fingerprint density at radius 3 is 1.32 bits per heavy atom. The predicted octanol–water partition coefficient (Wildman–Crippen LogP) is 10.4. The van der Waals surface area contributed by atoms with Crippen molar-refractivity contribution in [3.05, 3.63) is 140 Å². The van der Waals surface area contributed by atoms with E-state index in [2.05, 4.69) is 10.6 Å². The van der Waals surface area contributed by atoms with Gasteiger partial charge in [-0.15, -0.1) is 23.5 Å². The molecule has 12 heteroatoms. The summed E-state index contributed by atoms with van der Waals surface area (Å²) in [5, 5.41) is 9.42. The van der Waals surface area contributed by atoms with Crippen LogP contribution in [0.5, 0.6) is 0 Å². The number of benzene rings is 4. The third kappa shape index (κ3) is 4.86. The lowest BCUT2D eigenvalue weighted by Crippen LogP contribution is -2.49. The van der Waals surface area contributed by atoms with E-state index in [0.717, 1.165) is 68.3 Å². The monoisotopic (exact) mass is 762 g/mol. The normalized spacial score (nSPS) is 26.1. The first-order valence-electron chi connectivity index (χ1n) is 17.0. The number of fused-ring (bicyclic) bond motifs is 6. The lowest BCUT2D eigenvalue weighted by atomic mass is 9.71. The van der Waals surface area contributed by atoms with Crippen LogP contribution >= 0.6 is 23.5 Å². The van der Waals surface area contributed by atoms with Gasteiger partial charge in [0.25, 0.3) is 11.8 Å². The molecule has 0 radical (unpaired) electrons. The third-order valence-electron chi connectivity index (χ3n) is 11.0. The van der Waals surface area contributed by atoms with Crippen molar-refractivity contribution in [1.29, 1.82) is 0 Å². The van der Waals surface area contributed by atoms with E-state index in [1.54, 1.807) is 13.8 Å². The zero-order valence-electron chi connectivity index (χ0n) is 28.8. The first-order valence-corrected chi connectivity index (χ1v) is 18.6. The Balaban J connectivity index is 1.17. The zero-order chi connectivity index (χ0) is 37.9. The summed E-state index contributed by atoms with van der Waals surface area (Å²) >= 11 is 1.69. The number of allylic oxidation sites excluding steroid dienone is 4. The van der Waals surface area contributed by atoms with Crippen LogP contribution in [0.3, 0.4) is 0 Å². The number of halogens is 6. The average Bonchev–Trinajstić information content (AvgIpc) is 3.71. The van der Waals surface area contributed by atoms with E-state index in [1.807, 2.05) is 84.9 Å². The molecule has 4 aromatic carbocycles. The van der Waals surface area contributed by atoms with Crippen LogP contribution in [0.1, 0.15) is 50.9 Å². The molecule has 2 amide bonds. The van der Waals surface area contributed by atoms with Gasteiger partial charge in [-0.3, -0.25) is 9.59 Å². The Morgan fingerprint density at radius 1 is 0.566 bits per heavy atom. The van der Waals surface area contributed by atoms with Gasteiger partial charge in [-0.2, -0.15) is 26.3 Å². The summed E-state index contributed by atoms with van der Waals surface area (Å²) in [6, 6.07) is 25.2. The molecule has 0 spiro atoms. The zero-order valence-corrected chi connectivity index (χ0v) is 30.4. The van der Waals surface area contributed by atoms with Gasteiger partial charge in [-0.1, -0.05) is 84.9 Å². The summed E-state index contributed by atoms with van der Waals surface area (Å²) in [4.78, 5) is 27.6. The van der Waals surface area contributed by atoms with Gasteiger partial charge in [-0.05, 0) is 83.7 Å². The van der Waals surface area contributed by atoms with Crippen LogP contribution in [0.4, 0.5) is 26.3 Å². The van der Waals surface area contributed by atoms with Crippen LogP contribution in [0.2, 0.25) is 0 Å². The molecule has 53 heavy (non-hydrogen) atoms. The largest absolute Gasteiger partial charge is 0.380 e. The third-order valence-corrected chi connectivity index (χ3v) is 14.3. The van der Waals surface area contributed by atoms with Crippen molar-refractivity contribution in [3.8, 4) is 0 Å². The van der Waals surface area contributed by atoms with Gasteiger partial charge < -0.3 is 10.6 Å². The lowest BCUT2D eigenvalue weighted by Gasteiger charge is -2.47. The molecular formula is C41H32F6N2O2S2. The molecule has 2 N–H and O–H groups in total. The van der Waals surface area contributed by atoms with Gasteiger partial charge in [0.15, 0.2) is 0 Å². The second kappa shape index (κ2) is 11.8. The molecule has 4 nitrogen and oxygen atoms in total. The molecule has 8 rings (SSSR count). The maximum atomic E-state index is 15.8. The highest BCUT2D eigenvalue weighted by Gasteiger charge is 2.84. The van der Waals surface area contributed by atoms with E-state index in [-0.39, 0.29) is 9.81 Å². The molecule has 272 valence electrons. The quantitative estimate of drug-likeness (QED) is 0.192. The topological polar surface area (TPSA) is 58.2 Å². The molecule has 1 saturated carbocycles. The summed E-state index contributed by atoms with van der Waals surface area (Å²) in [6.45, 7) is 6.46. The predicted molar refractivity (Wildman–Crippen MR) is 198 cm³/mol. The Labute approximate surface area is 309 Å². The van der Waals surface area contributed by atoms with Crippen molar-refractivity contribution >= 4 is 56.9 Å². The number of thioether (sulfide) groups is 2. The molecule has 2 aliphatic carbocycles. The molecule has 0 aromatic heterocycles. The molecule has 4 atom stereocenters. The number of hydrogen-bond donors (Lipinski definition) is 2. The van der Waals surface area contributed by atoms with Gasteiger partial charge in [-0.25, -0.2) is 0 Å². The van der Waals surface area contributed by atoms with Crippen molar-refractivity contribution in [1.82, 2.24) is 10.6 Å². The first kappa shape index (κ1) is 35.6. The van der Waals surface area contributed by atoms with Crippen LogP contribution in [0.15, 0.2) is 129 Å². The van der Waals surface area contributed by atoms with Crippen LogP contribution in [0, 0.1) is 0 Å². The van der Waals surface area contributed by atoms with Gasteiger partial charge in [0.1, 0.15) is 0 Å². The number of hydrogen-bond acceptors (Lipinski definition) is 4. The number of alkyl halides is 6. The fourth-order valence-corrected chi connectivity index (χ4v) is 11.0. The molecule has 0 bridgehead atoms. The standard InChI is InChI=1S/C41H32F6N2O2S2/c1-21(25-17-9-13-23-11-5-7-15-27(23)25)48-35(50)31-19-29-33-34(40(44,45)41(46,47)39(33,42)43)30-20-32(53-38(30,4)37(29,3)52-31)36(51)49-22(2)26-18-10-14-24-12-6-8-16-28(24)26/h5-22H,1-4H3,(H,48,50)(H,49,51)/t21-,22-,37-,38-/m1/s1. The maximum Gasteiger partial charge on any atom is 0.380 e. The van der Waals surface area contributed by atoms with Crippen molar-refractivity contribution in [2.24, 2.45) is 0 Å². The van der Waals surface area contributed by atoms with E-state index in [0.29, 0.717) is 0 Å². The fraction of sp³-hybridized carbons (Fsp3) is 0.268. The molecule has 0 unspecified atom stereocenters. The van der Waals surface area contributed by atoms with Crippen molar-refractivity contribution in [2.45, 2.75) is 67.0 Å². The van der Waals surface area contributed by atoms with E-state index < -0.39 is 73.5 Å². The summed E-state index contributed by atoms with van der Waals surface area (Å²) in [5.74, 6) is -17.7. The Kier molecular flexibility index (Phi) is 7.92. The highest BCUT2D eigenvalue weighted by molar-refractivity contribution is 8.10. The smallest absolute Gasteiger partial charge is 0.345 e. The second-order valence-corrected chi connectivity index (χ2v) is 17.0. The van der Waals surface area contributed by atoms with E-state index in [4.69, 9.17) is 0 Å². The number of carbonyl (C=O) groups is 2. The van der Waals surface area contributed by atoms with E-state index in [1.165, 1.54) is 13.8 Å². The number of nitrogens with one attached hydrogen (secondary N) is 2. The lowest BCUT2D eigenvalue weighted by molar-refractivity contribution is -0.258. The summed E-state index contributed by atoms with van der Waals surface area (Å²) in [5.41, 5.74) is -2.39. The minimum Gasteiger partial charge on any atom is -0.345 e. The Morgan fingerprint density at radius 2 is 0.925 bits per heavy atom. The Hall–Kier alpha value is -4.42. The van der Waals surface area contributed by atoms with Crippen LogP contribution in [-0.4, -0.2) is 39.1 Å². The van der Waals surface area contributed by atoms with Crippen molar-refractivity contribution < 1.29 is 35.9 Å². The number of rotatable bonds is 6. The minimum atomic E-state index is -5.77. The number of amides is 2. The van der Waals surface area contributed by atoms with Gasteiger partial charge >= 0.3 is 17.8 Å². The van der Waals surface area contributed by atoms with Crippen LogP contribution < -0.4 is 10.6 Å². The molecule has 4 aromatic rings. The fourth-order valence-electron chi connectivity index (χ4n) is 8.08. The highest BCUT2D eigenvalue weighted by atomic mass is 32.2. The van der Waals surface area contributed by atoms with Crippen LogP contribution in [0.25, 0.3) is 21.5 Å². The molecule has 4 aliphatic rings. The van der Waals surface area contributed by atoms with Gasteiger partial charge in [0.2, 0.25) is 0 Å². The molecule has 0 saturated heterocycles. The second-order valence-electron chi connectivity index (χ2n) is 14.1. The summed E-state index contributed by atoms with van der Waals surface area (Å²) in [6.07, 6.45) is 2.08. The van der Waals surface area contributed by atoms with Crippen molar-refractivity contribution in [2.75, 3.05) is 0 Å². The van der Waals surface area contributed by atoms with Crippen LogP contribution in [-0.2, 0) is 9.59 Å². The van der Waals surface area contributed by atoms with E-state index >= 15 is 26.3 Å². The van der Waals surface area contributed by atoms with Crippen molar-refractivity contribution in [3.63, 3.8) is 0 Å². The Bertz CT molecular complexity index is 2240. The maximum absolute atomic E-state index is 15.8. The van der Waals surface area contributed by atoms with E-state index in [9.17, 15) is 9.59 Å². The first-order chi connectivity index (χ1) is 24.9. The number of carbonyl (C=O) groups excluding carboxylic acids is 2. The molecule has 1 fully saturated rings. The molecular weight excluding hydrogens is 731 g/mol. The highest BCUT2D eigenvalue weighted by Crippen LogP contribution is 2.74. The van der Waals surface area contributed by atoms with Gasteiger partial charge in [0, 0.05) is 11.1 Å². The average molecular weight is 763 g/mol. The minimum absolute atomic E-state index is 0.0960. The SMILES string of the molecule is C[C@@H](NC(=O)C1=CC2=C3C(=C4C=C(C(=O)N[C@H](C)c5cccc6ccccc56)S[C@@]4(C)[C@]2(C)S1)C(F)(F)C(F)(F)C3(F)F)c1cccc2ccccc12.